The smallest absolute Gasteiger partial charge is 0.199 e. The summed E-state index contributed by atoms with van der Waals surface area (Å²) in [6, 6.07) is 4.96. The number of hydrogen-bond donors (Lipinski definition) is 1. The van der Waals surface area contributed by atoms with Gasteiger partial charge in [-0.1, -0.05) is 13.0 Å². The number of aromatic nitrogens is 3. The van der Waals surface area contributed by atoms with Crippen LogP contribution in [0.25, 0.3) is 5.69 Å². The van der Waals surface area contributed by atoms with Crippen molar-refractivity contribution in [3.63, 3.8) is 0 Å². The average molecular weight is 363 g/mol. The molecule has 2 rings (SSSR count). The summed E-state index contributed by atoms with van der Waals surface area (Å²) in [4.78, 5) is 0. The molecule has 6 heteroatoms. The summed E-state index contributed by atoms with van der Waals surface area (Å²) in [6.45, 7) is 2.07. The van der Waals surface area contributed by atoms with E-state index in [-0.39, 0.29) is 5.82 Å². The van der Waals surface area contributed by atoms with Crippen LogP contribution in [0.5, 0.6) is 0 Å². The number of halogens is 2. The Morgan fingerprint density at radius 3 is 3.00 bits per heavy atom. The Labute approximate surface area is 117 Å². The minimum absolute atomic E-state index is 0.242. The molecule has 1 aromatic heterocycles. The highest BCUT2D eigenvalue weighted by atomic mass is 127. The molecule has 0 aliphatic carbocycles. The molecule has 3 nitrogen and oxygen atoms in total. The second kappa shape index (κ2) is 5.26. The number of H-pyrrole nitrogens is 1. The topological polar surface area (TPSA) is 33.6 Å². The van der Waals surface area contributed by atoms with Crippen LogP contribution in [-0.4, -0.2) is 14.8 Å². The highest BCUT2D eigenvalue weighted by molar-refractivity contribution is 14.1. The SMILES string of the molecule is CCCc1n[nH]c(=S)n1-c1cccc(F)c1I. The van der Waals surface area contributed by atoms with Crippen molar-refractivity contribution in [3.8, 4) is 5.69 Å². The van der Waals surface area contributed by atoms with E-state index in [1.165, 1.54) is 6.07 Å². The Bertz CT molecular complexity index is 591. The zero-order valence-electron chi connectivity index (χ0n) is 9.20. The molecule has 2 aromatic rings. The van der Waals surface area contributed by atoms with Crippen molar-refractivity contribution in [2.75, 3.05) is 0 Å². The molecule has 0 aliphatic heterocycles. The number of aromatic amines is 1. The molecule has 0 saturated carbocycles. The first-order chi connectivity index (χ1) is 8.15. The quantitative estimate of drug-likeness (QED) is 0.668. The molecule has 0 unspecified atom stereocenters. The van der Waals surface area contributed by atoms with Gasteiger partial charge in [-0.3, -0.25) is 9.67 Å². The van der Waals surface area contributed by atoms with Crippen LogP contribution in [0, 0.1) is 14.2 Å². The third-order valence-electron chi connectivity index (χ3n) is 2.39. The van der Waals surface area contributed by atoms with Crippen molar-refractivity contribution >= 4 is 34.8 Å². The normalized spacial score (nSPS) is 10.8. The molecule has 1 heterocycles. The van der Waals surface area contributed by atoms with E-state index in [9.17, 15) is 4.39 Å². The minimum Gasteiger partial charge on any atom is -0.271 e. The van der Waals surface area contributed by atoms with Crippen LogP contribution < -0.4 is 0 Å². The first kappa shape index (κ1) is 12.7. The summed E-state index contributed by atoms with van der Waals surface area (Å²) in [6.07, 6.45) is 1.77. The Balaban J connectivity index is 2.63. The van der Waals surface area contributed by atoms with Gasteiger partial charge < -0.3 is 0 Å². The van der Waals surface area contributed by atoms with Crippen molar-refractivity contribution < 1.29 is 4.39 Å². The summed E-state index contributed by atoms with van der Waals surface area (Å²) in [5.41, 5.74) is 0.743. The number of nitrogens with one attached hydrogen (secondary N) is 1. The van der Waals surface area contributed by atoms with E-state index in [0.717, 1.165) is 24.4 Å². The van der Waals surface area contributed by atoms with Gasteiger partial charge in [-0.05, 0) is 53.4 Å². The van der Waals surface area contributed by atoms with Gasteiger partial charge in [0.1, 0.15) is 11.6 Å². The maximum Gasteiger partial charge on any atom is 0.199 e. The van der Waals surface area contributed by atoms with Crippen molar-refractivity contribution in [2.24, 2.45) is 0 Å². The zero-order chi connectivity index (χ0) is 12.4. The third-order valence-corrected chi connectivity index (χ3v) is 3.73. The highest BCUT2D eigenvalue weighted by Gasteiger charge is 2.12. The molecule has 90 valence electrons. The van der Waals surface area contributed by atoms with E-state index >= 15 is 0 Å². The lowest BCUT2D eigenvalue weighted by atomic mass is 10.3. The van der Waals surface area contributed by atoms with Gasteiger partial charge in [0.15, 0.2) is 4.77 Å². The lowest BCUT2D eigenvalue weighted by Crippen LogP contribution is -2.04. The third kappa shape index (κ3) is 2.42. The van der Waals surface area contributed by atoms with E-state index in [4.69, 9.17) is 12.2 Å². The van der Waals surface area contributed by atoms with Crippen molar-refractivity contribution in [1.29, 1.82) is 0 Å². The number of rotatable bonds is 3. The molecule has 1 aromatic carbocycles. The average Bonchev–Trinajstić information content (AvgIpc) is 2.65. The summed E-state index contributed by atoms with van der Waals surface area (Å²) >= 11 is 7.18. The van der Waals surface area contributed by atoms with E-state index < -0.39 is 0 Å². The monoisotopic (exact) mass is 363 g/mol. The van der Waals surface area contributed by atoms with Gasteiger partial charge in [0.05, 0.1) is 9.26 Å². The van der Waals surface area contributed by atoms with E-state index in [0.29, 0.717) is 8.34 Å². The van der Waals surface area contributed by atoms with Crippen LogP contribution in [0.4, 0.5) is 4.39 Å². The summed E-state index contributed by atoms with van der Waals surface area (Å²) < 4.78 is 16.4. The zero-order valence-corrected chi connectivity index (χ0v) is 12.2. The van der Waals surface area contributed by atoms with E-state index in [1.54, 1.807) is 10.6 Å². The second-order valence-electron chi connectivity index (χ2n) is 3.60. The molecule has 1 N–H and O–H groups in total. The molecule has 0 bridgehead atoms. The summed E-state index contributed by atoms with van der Waals surface area (Å²) in [5.74, 6) is 0.592. The molecule has 0 atom stereocenters. The van der Waals surface area contributed by atoms with Gasteiger partial charge in [0.2, 0.25) is 0 Å². The highest BCUT2D eigenvalue weighted by Crippen LogP contribution is 2.21. The number of hydrogen-bond acceptors (Lipinski definition) is 2. The van der Waals surface area contributed by atoms with Gasteiger partial charge in [-0.2, -0.15) is 5.10 Å². The Kier molecular flexibility index (Phi) is 3.93. The van der Waals surface area contributed by atoms with Gasteiger partial charge in [0.25, 0.3) is 0 Å². The largest absolute Gasteiger partial charge is 0.271 e. The number of aryl methyl sites for hydroxylation is 1. The minimum atomic E-state index is -0.242. The molecule has 0 spiro atoms. The van der Waals surface area contributed by atoms with Gasteiger partial charge >= 0.3 is 0 Å². The van der Waals surface area contributed by atoms with Crippen molar-refractivity contribution in [2.45, 2.75) is 19.8 Å². The molecular formula is C11H11FIN3S. The maximum atomic E-state index is 13.5. The maximum absolute atomic E-state index is 13.5. The fraction of sp³-hybridized carbons (Fsp3) is 0.273. The fourth-order valence-electron chi connectivity index (χ4n) is 1.63. The van der Waals surface area contributed by atoms with Crippen LogP contribution in [0.2, 0.25) is 0 Å². The number of benzene rings is 1. The van der Waals surface area contributed by atoms with Crippen LogP contribution in [0.15, 0.2) is 18.2 Å². The molecular weight excluding hydrogens is 352 g/mol. The van der Waals surface area contributed by atoms with Gasteiger partial charge in [-0.25, -0.2) is 4.39 Å². The molecule has 0 saturated heterocycles. The lowest BCUT2D eigenvalue weighted by Gasteiger charge is -2.08. The first-order valence-electron chi connectivity index (χ1n) is 5.25. The summed E-state index contributed by atoms with van der Waals surface area (Å²) in [7, 11) is 0. The van der Waals surface area contributed by atoms with Crippen molar-refractivity contribution in [1.82, 2.24) is 14.8 Å². The first-order valence-corrected chi connectivity index (χ1v) is 6.74. The molecule has 0 amide bonds. The molecule has 0 aliphatic rings. The van der Waals surface area contributed by atoms with Crippen LogP contribution in [0.3, 0.4) is 0 Å². The van der Waals surface area contributed by atoms with E-state index in [2.05, 4.69) is 17.1 Å². The predicted molar refractivity (Wildman–Crippen MR) is 75.4 cm³/mol. The second-order valence-corrected chi connectivity index (χ2v) is 5.07. The van der Waals surface area contributed by atoms with Crippen molar-refractivity contribution in [3.05, 3.63) is 38.2 Å². The Hall–Kier alpha value is -0.760. The Morgan fingerprint density at radius 1 is 1.53 bits per heavy atom. The summed E-state index contributed by atoms with van der Waals surface area (Å²) in [5, 5.41) is 6.93. The standard InChI is InChI=1S/C11H11FIN3S/c1-2-4-9-14-15-11(17)16(9)8-6-3-5-7(12)10(8)13/h3,5-6H,2,4H2,1H3,(H,15,17). The van der Waals surface area contributed by atoms with Gasteiger partial charge in [0, 0.05) is 6.42 Å². The predicted octanol–water partition coefficient (Wildman–Crippen LogP) is 3.63. The Morgan fingerprint density at radius 2 is 2.29 bits per heavy atom. The van der Waals surface area contributed by atoms with Gasteiger partial charge in [-0.15, -0.1) is 0 Å². The molecule has 17 heavy (non-hydrogen) atoms. The van der Waals surface area contributed by atoms with Crippen LogP contribution in [0.1, 0.15) is 19.2 Å². The van der Waals surface area contributed by atoms with Crippen LogP contribution in [-0.2, 0) is 6.42 Å². The molecule has 0 fully saturated rings. The fourth-order valence-corrected chi connectivity index (χ4v) is 2.48. The number of nitrogens with zero attached hydrogens (tertiary/aromatic N) is 2. The lowest BCUT2D eigenvalue weighted by molar-refractivity contribution is 0.618. The van der Waals surface area contributed by atoms with Crippen LogP contribution >= 0.6 is 34.8 Å². The van der Waals surface area contributed by atoms with E-state index in [1.807, 2.05) is 28.7 Å². The molecule has 0 radical (unpaired) electrons.